The van der Waals surface area contributed by atoms with Gasteiger partial charge in [0.05, 0.1) is 7.11 Å². The zero-order valence-corrected chi connectivity index (χ0v) is 12.0. The summed E-state index contributed by atoms with van der Waals surface area (Å²) in [5, 5.41) is 2.99. The highest BCUT2D eigenvalue weighted by atomic mass is 16.5. The van der Waals surface area contributed by atoms with E-state index < -0.39 is 0 Å². The molecule has 2 unspecified atom stereocenters. The molecule has 0 saturated heterocycles. The molecule has 1 aromatic carbocycles. The molecule has 1 aromatic heterocycles. The van der Waals surface area contributed by atoms with Gasteiger partial charge >= 0.3 is 0 Å². The summed E-state index contributed by atoms with van der Waals surface area (Å²) in [6.45, 7) is 0.510. The lowest BCUT2D eigenvalue weighted by Crippen LogP contribution is -2.24. The fourth-order valence-corrected chi connectivity index (χ4v) is 2.55. The van der Waals surface area contributed by atoms with Gasteiger partial charge in [-0.25, -0.2) is 4.98 Å². The lowest BCUT2D eigenvalue weighted by atomic mass is 10.1. The fourth-order valence-electron chi connectivity index (χ4n) is 2.55. The van der Waals surface area contributed by atoms with Gasteiger partial charge in [0.15, 0.2) is 0 Å². The topological polar surface area (TPSA) is 51.2 Å². The van der Waals surface area contributed by atoms with Crippen molar-refractivity contribution in [3.8, 4) is 5.88 Å². The third-order valence-electron chi connectivity index (χ3n) is 3.83. The number of benzene rings is 1. The zero-order valence-electron chi connectivity index (χ0n) is 12.0. The van der Waals surface area contributed by atoms with E-state index in [1.165, 1.54) is 5.56 Å². The van der Waals surface area contributed by atoms with E-state index in [2.05, 4.69) is 22.4 Å². The first kappa shape index (κ1) is 13.6. The van der Waals surface area contributed by atoms with Crippen molar-refractivity contribution < 1.29 is 9.53 Å². The number of pyridine rings is 1. The maximum Gasteiger partial charge on any atom is 0.224 e. The molecule has 0 spiro atoms. The zero-order chi connectivity index (χ0) is 14.7. The Bertz CT molecular complexity index is 628. The molecular weight excluding hydrogens is 264 g/mol. The number of carbonyl (C=O) groups is 1. The molecule has 3 rings (SSSR count). The van der Waals surface area contributed by atoms with E-state index in [9.17, 15) is 4.79 Å². The molecule has 0 bridgehead atoms. The van der Waals surface area contributed by atoms with Gasteiger partial charge in [-0.05, 0) is 29.5 Å². The Balaban J connectivity index is 1.54. The summed E-state index contributed by atoms with van der Waals surface area (Å²) in [5.41, 5.74) is 2.25. The Morgan fingerprint density at radius 3 is 2.90 bits per heavy atom. The second-order valence-electron chi connectivity index (χ2n) is 5.28. The number of ether oxygens (including phenoxy) is 1. The fraction of sp³-hybridized carbons (Fsp3) is 0.294. The van der Waals surface area contributed by atoms with Gasteiger partial charge in [-0.15, -0.1) is 0 Å². The minimum atomic E-state index is 0.108. The van der Waals surface area contributed by atoms with Crippen molar-refractivity contribution in [2.75, 3.05) is 7.11 Å². The minimum absolute atomic E-state index is 0.108. The summed E-state index contributed by atoms with van der Waals surface area (Å²) in [4.78, 5) is 16.2. The quantitative estimate of drug-likeness (QED) is 0.916. The van der Waals surface area contributed by atoms with Gasteiger partial charge < -0.3 is 10.1 Å². The van der Waals surface area contributed by atoms with Crippen molar-refractivity contribution in [1.29, 1.82) is 0 Å². The van der Waals surface area contributed by atoms with Gasteiger partial charge in [0.1, 0.15) is 0 Å². The molecule has 1 saturated carbocycles. The lowest BCUT2D eigenvalue weighted by Gasteiger charge is -2.06. The number of nitrogens with one attached hydrogen (secondary N) is 1. The SMILES string of the molecule is COc1cc(CNC(=O)C2CC2c2ccccc2)ccn1. The molecule has 1 aliphatic rings. The second kappa shape index (κ2) is 5.95. The predicted molar refractivity (Wildman–Crippen MR) is 79.9 cm³/mol. The maximum absolute atomic E-state index is 12.2. The van der Waals surface area contributed by atoms with Crippen molar-refractivity contribution in [3.05, 3.63) is 59.8 Å². The highest BCUT2D eigenvalue weighted by Gasteiger charge is 2.43. The Labute approximate surface area is 124 Å². The molecule has 1 N–H and O–H groups in total. The molecule has 1 amide bonds. The summed E-state index contributed by atoms with van der Waals surface area (Å²) in [7, 11) is 1.58. The number of carbonyl (C=O) groups excluding carboxylic acids is 1. The van der Waals surface area contributed by atoms with Crippen LogP contribution in [0.15, 0.2) is 48.7 Å². The van der Waals surface area contributed by atoms with Crippen LogP contribution in [0.4, 0.5) is 0 Å². The Kier molecular flexibility index (Phi) is 3.86. The van der Waals surface area contributed by atoms with Crippen LogP contribution in [0.3, 0.4) is 0 Å². The number of methoxy groups -OCH3 is 1. The van der Waals surface area contributed by atoms with E-state index in [-0.39, 0.29) is 11.8 Å². The Hall–Kier alpha value is -2.36. The summed E-state index contributed by atoms with van der Waals surface area (Å²) in [5.74, 6) is 1.17. The molecule has 1 aliphatic carbocycles. The number of nitrogens with zero attached hydrogens (tertiary/aromatic N) is 1. The monoisotopic (exact) mass is 282 g/mol. The van der Waals surface area contributed by atoms with Crippen LogP contribution >= 0.6 is 0 Å². The smallest absolute Gasteiger partial charge is 0.224 e. The summed E-state index contributed by atoms with van der Waals surface area (Å²) in [6, 6.07) is 13.9. The average molecular weight is 282 g/mol. The largest absolute Gasteiger partial charge is 0.481 e. The normalized spacial score (nSPS) is 19.9. The minimum Gasteiger partial charge on any atom is -0.481 e. The molecule has 108 valence electrons. The Morgan fingerprint density at radius 1 is 1.33 bits per heavy atom. The highest BCUT2D eigenvalue weighted by Crippen LogP contribution is 2.47. The summed E-state index contributed by atoms with van der Waals surface area (Å²) < 4.78 is 5.07. The average Bonchev–Trinajstić information content (AvgIpc) is 3.34. The molecule has 4 heteroatoms. The summed E-state index contributed by atoms with van der Waals surface area (Å²) in [6.07, 6.45) is 2.62. The first-order valence-electron chi connectivity index (χ1n) is 7.09. The van der Waals surface area contributed by atoms with Gasteiger partial charge in [0, 0.05) is 24.7 Å². The molecule has 2 atom stereocenters. The summed E-state index contributed by atoms with van der Waals surface area (Å²) >= 11 is 0. The molecule has 4 nitrogen and oxygen atoms in total. The van der Waals surface area contributed by atoms with Crippen LogP contribution in [0.1, 0.15) is 23.5 Å². The maximum atomic E-state index is 12.2. The Morgan fingerprint density at radius 2 is 2.14 bits per heavy atom. The van der Waals surface area contributed by atoms with E-state index in [0.717, 1.165) is 12.0 Å². The van der Waals surface area contributed by atoms with Crippen molar-refractivity contribution in [3.63, 3.8) is 0 Å². The van der Waals surface area contributed by atoms with E-state index in [4.69, 9.17) is 4.74 Å². The van der Waals surface area contributed by atoms with Crippen molar-refractivity contribution >= 4 is 5.91 Å². The highest BCUT2D eigenvalue weighted by molar-refractivity contribution is 5.82. The first-order valence-corrected chi connectivity index (χ1v) is 7.09. The molecule has 0 radical (unpaired) electrons. The number of hydrogen-bond donors (Lipinski definition) is 1. The molecule has 21 heavy (non-hydrogen) atoms. The van der Waals surface area contributed by atoms with E-state index in [1.54, 1.807) is 13.3 Å². The second-order valence-corrected chi connectivity index (χ2v) is 5.28. The van der Waals surface area contributed by atoms with Gasteiger partial charge in [0.2, 0.25) is 11.8 Å². The van der Waals surface area contributed by atoms with E-state index in [0.29, 0.717) is 18.3 Å². The molecule has 0 aliphatic heterocycles. The van der Waals surface area contributed by atoms with Crippen LogP contribution in [0.5, 0.6) is 5.88 Å². The van der Waals surface area contributed by atoms with Gasteiger partial charge in [-0.2, -0.15) is 0 Å². The van der Waals surface area contributed by atoms with Gasteiger partial charge in [-0.1, -0.05) is 30.3 Å². The van der Waals surface area contributed by atoms with Crippen LogP contribution in [-0.2, 0) is 11.3 Å². The molecule has 1 fully saturated rings. The van der Waals surface area contributed by atoms with E-state index >= 15 is 0 Å². The van der Waals surface area contributed by atoms with Crippen molar-refractivity contribution in [1.82, 2.24) is 10.3 Å². The number of amides is 1. The van der Waals surface area contributed by atoms with Crippen LogP contribution in [0.25, 0.3) is 0 Å². The number of aromatic nitrogens is 1. The number of rotatable bonds is 5. The molecule has 1 heterocycles. The van der Waals surface area contributed by atoms with Gasteiger partial charge in [-0.3, -0.25) is 4.79 Å². The van der Waals surface area contributed by atoms with Crippen molar-refractivity contribution in [2.45, 2.75) is 18.9 Å². The van der Waals surface area contributed by atoms with Crippen LogP contribution < -0.4 is 10.1 Å². The van der Waals surface area contributed by atoms with E-state index in [1.807, 2.05) is 30.3 Å². The third-order valence-corrected chi connectivity index (χ3v) is 3.83. The lowest BCUT2D eigenvalue weighted by molar-refractivity contribution is -0.122. The van der Waals surface area contributed by atoms with Gasteiger partial charge in [0.25, 0.3) is 0 Å². The third kappa shape index (κ3) is 3.21. The first-order chi connectivity index (χ1) is 10.3. The molecule has 2 aromatic rings. The van der Waals surface area contributed by atoms with Crippen LogP contribution in [0, 0.1) is 5.92 Å². The van der Waals surface area contributed by atoms with Crippen molar-refractivity contribution in [2.24, 2.45) is 5.92 Å². The molecular formula is C17H18N2O2. The predicted octanol–water partition coefficient (Wildman–Crippen LogP) is 2.51. The standard InChI is InChI=1S/C17H18N2O2/c1-21-16-9-12(7-8-18-16)11-19-17(20)15-10-14(15)13-5-3-2-4-6-13/h2-9,14-15H,10-11H2,1H3,(H,19,20). The number of hydrogen-bond acceptors (Lipinski definition) is 3. The van der Waals surface area contributed by atoms with Crippen LogP contribution in [0.2, 0.25) is 0 Å². The van der Waals surface area contributed by atoms with Crippen LogP contribution in [-0.4, -0.2) is 18.0 Å².